The van der Waals surface area contributed by atoms with Gasteiger partial charge in [-0.1, -0.05) is 6.08 Å². The van der Waals surface area contributed by atoms with Crippen LogP contribution >= 0.6 is 0 Å². The van der Waals surface area contributed by atoms with Crippen molar-refractivity contribution in [3.05, 3.63) is 12.7 Å². The summed E-state index contributed by atoms with van der Waals surface area (Å²) in [6.07, 6.45) is 1.65. The molecule has 0 aromatic carbocycles. The van der Waals surface area contributed by atoms with Crippen LogP contribution in [0.3, 0.4) is 0 Å². The van der Waals surface area contributed by atoms with Gasteiger partial charge in [-0.25, -0.2) is 4.79 Å². The average molecular weight is 259 g/mol. The fourth-order valence-electron chi connectivity index (χ4n) is 2.12. The molecule has 5 nitrogen and oxygen atoms in total. The van der Waals surface area contributed by atoms with Crippen LogP contribution in [-0.2, 0) is 0 Å². The lowest BCUT2D eigenvalue weighted by molar-refractivity contribution is 0.0321. The van der Waals surface area contributed by atoms with Crippen LogP contribution in [0.1, 0.15) is 33.6 Å². The van der Waals surface area contributed by atoms with E-state index in [-0.39, 0.29) is 19.1 Å². The summed E-state index contributed by atoms with van der Waals surface area (Å²) in [5.41, 5.74) is -0.590. The van der Waals surface area contributed by atoms with Crippen LogP contribution in [0.2, 0.25) is 0 Å². The Balaban J connectivity index is 4.91. The highest BCUT2D eigenvalue weighted by molar-refractivity contribution is 5.66. The Hall–Kier alpha value is -1.07. The molecule has 0 heterocycles. The van der Waals surface area contributed by atoms with Crippen molar-refractivity contribution < 1.29 is 20.1 Å². The second-order valence-corrected chi connectivity index (χ2v) is 5.47. The second kappa shape index (κ2) is 7.38. The molecule has 0 unspecified atom stereocenters. The number of allylic oxidation sites excluding steroid dienone is 1. The molecule has 0 radical (unpaired) electrons. The zero-order chi connectivity index (χ0) is 14.3. The molecular formula is C13H25NO4. The minimum atomic E-state index is -1.06. The summed E-state index contributed by atoms with van der Waals surface area (Å²) in [5, 5.41) is 27.9. The van der Waals surface area contributed by atoms with E-state index in [0.29, 0.717) is 12.8 Å². The minimum absolute atomic E-state index is 0.0415. The smallest absolute Gasteiger partial charge is 0.408 e. The topological polar surface area (TPSA) is 81.0 Å². The first kappa shape index (κ1) is 16.9. The van der Waals surface area contributed by atoms with Gasteiger partial charge in [0.05, 0.1) is 12.6 Å². The Morgan fingerprint density at radius 1 is 1.33 bits per heavy atom. The first-order valence-corrected chi connectivity index (χ1v) is 6.12. The van der Waals surface area contributed by atoms with E-state index in [4.69, 9.17) is 0 Å². The molecule has 3 N–H and O–H groups in total. The lowest BCUT2D eigenvalue weighted by Crippen LogP contribution is -2.53. The normalized spacial score (nSPS) is 14.9. The van der Waals surface area contributed by atoms with Crippen molar-refractivity contribution in [2.45, 2.75) is 45.2 Å². The molecule has 0 fully saturated rings. The zero-order valence-electron chi connectivity index (χ0n) is 11.5. The third-order valence-electron chi connectivity index (χ3n) is 2.87. The van der Waals surface area contributed by atoms with Crippen molar-refractivity contribution in [2.24, 2.45) is 5.92 Å². The number of hydrogen-bond donors (Lipinski definition) is 3. The highest BCUT2D eigenvalue weighted by Gasteiger charge is 2.33. The number of aliphatic hydroxyl groups excluding tert-OH is 2. The van der Waals surface area contributed by atoms with Crippen LogP contribution in [0.4, 0.5) is 4.79 Å². The van der Waals surface area contributed by atoms with Crippen molar-refractivity contribution in [3.63, 3.8) is 0 Å². The van der Waals surface area contributed by atoms with E-state index in [0.717, 1.165) is 0 Å². The Bertz CT molecular complexity index is 273. The lowest BCUT2D eigenvalue weighted by Gasteiger charge is -2.40. The van der Waals surface area contributed by atoms with Crippen LogP contribution in [0.25, 0.3) is 0 Å². The van der Waals surface area contributed by atoms with Crippen molar-refractivity contribution in [3.8, 4) is 0 Å². The predicted molar refractivity (Wildman–Crippen MR) is 70.5 cm³/mol. The van der Waals surface area contributed by atoms with Gasteiger partial charge in [-0.2, -0.15) is 0 Å². The van der Waals surface area contributed by atoms with Gasteiger partial charge in [-0.15, -0.1) is 6.58 Å². The van der Waals surface area contributed by atoms with E-state index in [1.54, 1.807) is 26.8 Å². The average Bonchev–Trinajstić information content (AvgIpc) is 2.24. The first-order valence-electron chi connectivity index (χ1n) is 6.12. The quantitative estimate of drug-likeness (QED) is 0.608. The molecule has 0 saturated heterocycles. The highest BCUT2D eigenvalue weighted by atomic mass is 16.4. The molecule has 0 bridgehead atoms. The summed E-state index contributed by atoms with van der Waals surface area (Å²) in [4.78, 5) is 12.6. The summed E-state index contributed by atoms with van der Waals surface area (Å²) in [5.74, 6) is -0.0798. The Labute approximate surface area is 109 Å². The van der Waals surface area contributed by atoms with Crippen LogP contribution in [0.15, 0.2) is 12.7 Å². The number of aliphatic hydroxyl groups is 2. The van der Waals surface area contributed by atoms with E-state index in [9.17, 15) is 20.1 Å². The first-order chi connectivity index (χ1) is 8.27. The zero-order valence-corrected chi connectivity index (χ0v) is 11.5. The monoisotopic (exact) mass is 259 g/mol. The van der Waals surface area contributed by atoms with Gasteiger partial charge in [-0.05, 0) is 39.5 Å². The van der Waals surface area contributed by atoms with Crippen molar-refractivity contribution in [1.29, 1.82) is 0 Å². The summed E-state index contributed by atoms with van der Waals surface area (Å²) >= 11 is 0. The summed E-state index contributed by atoms with van der Waals surface area (Å²) in [6.45, 7) is 8.66. The Morgan fingerprint density at radius 2 is 1.89 bits per heavy atom. The fourth-order valence-corrected chi connectivity index (χ4v) is 2.12. The standard InChI is InChI=1S/C13H25NO4/c1-5-6-10(8-15)7-11(9-16)14(12(17)18)13(2,3)4/h5,10-11,15-16H,1,6-9H2,2-4H3,(H,17,18)/t10-,11+/m1/s1. The molecule has 5 heteroatoms. The molecule has 0 aliphatic rings. The third kappa shape index (κ3) is 5.06. The number of carbonyl (C=O) groups is 1. The number of amides is 1. The summed E-state index contributed by atoms with van der Waals surface area (Å²) < 4.78 is 0. The number of rotatable bonds is 7. The van der Waals surface area contributed by atoms with Crippen LogP contribution in [0.5, 0.6) is 0 Å². The molecule has 0 aromatic rings. The number of hydrogen-bond acceptors (Lipinski definition) is 3. The summed E-state index contributed by atoms with van der Waals surface area (Å²) in [7, 11) is 0. The lowest BCUT2D eigenvalue weighted by atomic mass is 9.94. The van der Waals surface area contributed by atoms with E-state index < -0.39 is 17.7 Å². The maximum absolute atomic E-state index is 11.3. The molecule has 0 aliphatic carbocycles. The van der Waals surface area contributed by atoms with E-state index >= 15 is 0 Å². The van der Waals surface area contributed by atoms with Crippen LogP contribution < -0.4 is 0 Å². The molecule has 2 atom stereocenters. The molecule has 0 spiro atoms. The van der Waals surface area contributed by atoms with Gasteiger partial charge in [0.2, 0.25) is 0 Å². The SMILES string of the molecule is C=CC[C@@H](CO)C[C@@H](CO)N(C(=O)O)C(C)(C)C. The molecule has 0 rings (SSSR count). The van der Waals surface area contributed by atoms with Gasteiger partial charge in [0.15, 0.2) is 0 Å². The Morgan fingerprint density at radius 3 is 2.17 bits per heavy atom. The molecule has 106 valence electrons. The molecule has 0 saturated carbocycles. The van der Waals surface area contributed by atoms with Gasteiger partial charge >= 0.3 is 6.09 Å². The fraction of sp³-hybridized carbons (Fsp3) is 0.769. The van der Waals surface area contributed by atoms with E-state index in [1.807, 2.05) is 0 Å². The van der Waals surface area contributed by atoms with E-state index in [1.165, 1.54) is 4.90 Å². The largest absolute Gasteiger partial charge is 0.465 e. The third-order valence-corrected chi connectivity index (χ3v) is 2.87. The van der Waals surface area contributed by atoms with Gasteiger partial charge in [0.1, 0.15) is 0 Å². The van der Waals surface area contributed by atoms with Gasteiger partial charge in [0, 0.05) is 12.1 Å². The predicted octanol–water partition coefficient (Wildman–Crippen LogP) is 1.70. The van der Waals surface area contributed by atoms with Crippen molar-refractivity contribution in [2.75, 3.05) is 13.2 Å². The maximum atomic E-state index is 11.3. The molecule has 0 aromatic heterocycles. The van der Waals surface area contributed by atoms with Crippen LogP contribution in [0, 0.1) is 5.92 Å². The molecule has 18 heavy (non-hydrogen) atoms. The highest BCUT2D eigenvalue weighted by Crippen LogP contribution is 2.23. The minimum Gasteiger partial charge on any atom is -0.465 e. The molecular weight excluding hydrogens is 234 g/mol. The van der Waals surface area contributed by atoms with Crippen molar-refractivity contribution >= 4 is 6.09 Å². The number of carboxylic acid groups (broad SMARTS) is 1. The number of nitrogens with zero attached hydrogens (tertiary/aromatic N) is 1. The second-order valence-electron chi connectivity index (χ2n) is 5.47. The van der Waals surface area contributed by atoms with E-state index in [2.05, 4.69) is 6.58 Å². The molecule has 0 aliphatic heterocycles. The van der Waals surface area contributed by atoms with Gasteiger partial charge in [-0.3, -0.25) is 4.90 Å². The van der Waals surface area contributed by atoms with Crippen molar-refractivity contribution in [1.82, 2.24) is 4.90 Å². The Kier molecular flexibility index (Phi) is 6.94. The molecule has 1 amide bonds. The van der Waals surface area contributed by atoms with Gasteiger partial charge in [0.25, 0.3) is 0 Å². The maximum Gasteiger partial charge on any atom is 0.408 e. The van der Waals surface area contributed by atoms with Gasteiger partial charge < -0.3 is 15.3 Å². The summed E-state index contributed by atoms with van der Waals surface area (Å²) in [6, 6.07) is -0.514. The van der Waals surface area contributed by atoms with Crippen LogP contribution in [-0.4, -0.2) is 51.1 Å².